The number of ether oxygens (including phenoxy) is 3. The van der Waals surface area contributed by atoms with Gasteiger partial charge in [-0.2, -0.15) is 0 Å². The molecule has 2 aromatic carbocycles. The molecule has 0 heterocycles. The number of nitrogens with zero attached hydrogens (tertiary/aromatic N) is 1. The summed E-state index contributed by atoms with van der Waals surface area (Å²) in [6, 6.07) is 13.6. The van der Waals surface area contributed by atoms with Crippen LogP contribution in [0.4, 0.5) is 0 Å². The number of benzene rings is 2. The zero-order chi connectivity index (χ0) is 19.6. The van der Waals surface area contributed by atoms with E-state index in [0.717, 1.165) is 23.3 Å². The van der Waals surface area contributed by atoms with E-state index in [-0.39, 0.29) is 5.91 Å². The van der Waals surface area contributed by atoms with Gasteiger partial charge in [0.15, 0.2) is 11.5 Å². The number of methoxy groups -OCH3 is 3. The molecule has 0 saturated heterocycles. The maximum atomic E-state index is 12.2. The van der Waals surface area contributed by atoms with E-state index in [1.165, 1.54) is 0 Å². The van der Waals surface area contributed by atoms with Crippen LogP contribution in [0.25, 0.3) is 0 Å². The van der Waals surface area contributed by atoms with Crippen LogP contribution in [0, 0.1) is 0 Å². The molecule has 0 atom stereocenters. The Balaban J connectivity index is 1.84. The van der Waals surface area contributed by atoms with Gasteiger partial charge in [0.1, 0.15) is 5.75 Å². The van der Waals surface area contributed by atoms with Gasteiger partial charge in [-0.25, -0.2) is 0 Å². The van der Waals surface area contributed by atoms with Gasteiger partial charge in [-0.05, 0) is 31.2 Å². The van der Waals surface area contributed by atoms with Crippen LogP contribution in [-0.4, -0.2) is 52.3 Å². The Morgan fingerprint density at radius 2 is 1.59 bits per heavy atom. The Kier molecular flexibility index (Phi) is 7.95. The van der Waals surface area contributed by atoms with E-state index in [0.29, 0.717) is 31.1 Å². The number of likely N-dealkylation sites (N-methyl/N-ethyl adjacent to an activating group) is 1. The fourth-order valence-corrected chi connectivity index (χ4v) is 2.97. The summed E-state index contributed by atoms with van der Waals surface area (Å²) < 4.78 is 16.1. The second kappa shape index (κ2) is 10.4. The van der Waals surface area contributed by atoms with E-state index >= 15 is 0 Å². The van der Waals surface area contributed by atoms with Crippen LogP contribution in [-0.2, 0) is 17.8 Å². The lowest BCUT2D eigenvalue weighted by Gasteiger charge is -2.19. The lowest BCUT2D eigenvalue weighted by Crippen LogP contribution is -2.35. The van der Waals surface area contributed by atoms with Crippen LogP contribution in [0.5, 0.6) is 17.2 Å². The Morgan fingerprint density at radius 1 is 0.926 bits per heavy atom. The highest BCUT2D eigenvalue weighted by Crippen LogP contribution is 2.31. The fourth-order valence-electron chi connectivity index (χ4n) is 2.97. The highest BCUT2D eigenvalue weighted by atomic mass is 16.5. The number of hydrogen-bond acceptors (Lipinski definition) is 5. The summed E-state index contributed by atoms with van der Waals surface area (Å²) in [7, 11) is 6.78. The van der Waals surface area contributed by atoms with Crippen molar-refractivity contribution in [3.63, 3.8) is 0 Å². The van der Waals surface area contributed by atoms with Gasteiger partial charge >= 0.3 is 0 Å². The van der Waals surface area contributed by atoms with Crippen molar-refractivity contribution >= 4 is 5.91 Å². The summed E-state index contributed by atoms with van der Waals surface area (Å²) in [5.41, 5.74) is 2.05. The summed E-state index contributed by atoms with van der Waals surface area (Å²) in [6.07, 6.45) is 0.725. The van der Waals surface area contributed by atoms with E-state index in [4.69, 9.17) is 14.2 Å². The topological polar surface area (TPSA) is 60.0 Å². The minimum absolute atomic E-state index is 0.0192. The summed E-state index contributed by atoms with van der Waals surface area (Å²) in [5.74, 6) is 2.20. The lowest BCUT2D eigenvalue weighted by atomic mass is 10.1. The van der Waals surface area contributed by atoms with Gasteiger partial charge in [-0.1, -0.05) is 30.3 Å². The van der Waals surface area contributed by atoms with Gasteiger partial charge < -0.3 is 19.5 Å². The Morgan fingerprint density at radius 3 is 2.30 bits per heavy atom. The van der Waals surface area contributed by atoms with Crippen molar-refractivity contribution in [1.29, 1.82) is 0 Å². The van der Waals surface area contributed by atoms with Crippen molar-refractivity contribution in [1.82, 2.24) is 10.2 Å². The Bertz CT molecular complexity index is 749. The van der Waals surface area contributed by atoms with E-state index in [9.17, 15) is 4.79 Å². The molecule has 6 nitrogen and oxygen atoms in total. The summed E-state index contributed by atoms with van der Waals surface area (Å²) >= 11 is 0. The monoisotopic (exact) mass is 372 g/mol. The third-order valence-corrected chi connectivity index (χ3v) is 4.25. The molecule has 2 aromatic rings. The number of hydrogen-bond donors (Lipinski definition) is 1. The van der Waals surface area contributed by atoms with Crippen molar-refractivity contribution in [2.24, 2.45) is 0 Å². The molecular weight excluding hydrogens is 344 g/mol. The normalized spacial score (nSPS) is 10.6. The molecule has 6 heteroatoms. The first kappa shape index (κ1) is 20.6. The summed E-state index contributed by atoms with van der Waals surface area (Å²) in [4.78, 5) is 14.2. The standard InChI is InChI=1S/C21H28N2O4/c1-23(14-17-9-7-11-19(26-3)21(17)27-4)15-20(24)22-13-12-16-8-5-6-10-18(16)25-2/h5-11H,12-15H2,1-4H3,(H,22,24). The fraction of sp³-hybridized carbons (Fsp3) is 0.381. The van der Waals surface area contributed by atoms with Crippen molar-refractivity contribution in [3.05, 3.63) is 53.6 Å². The molecule has 0 spiro atoms. The largest absolute Gasteiger partial charge is 0.496 e. The average molecular weight is 372 g/mol. The van der Waals surface area contributed by atoms with Crippen LogP contribution in [0.15, 0.2) is 42.5 Å². The molecule has 0 aliphatic rings. The van der Waals surface area contributed by atoms with Crippen molar-refractivity contribution in [3.8, 4) is 17.2 Å². The highest BCUT2D eigenvalue weighted by Gasteiger charge is 2.13. The molecule has 0 aliphatic carbocycles. The van der Waals surface area contributed by atoms with E-state index in [1.807, 2.05) is 54.4 Å². The molecule has 0 fully saturated rings. The van der Waals surface area contributed by atoms with Gasteiger partial charge in [-0.15, -0.1) is 0 Å². The Hall–Kier alpha value is -2.73. The molecule has 0 bridgehead atoms. The lowest BCUT2D eigenvalue weighted by molar-refractivity contribution is -0.122. The van der Waals surface area contributed by atoms with Gasteiger partial charge in [0, 0.05) is 18.7 Å². The van der Waals surface area contributed by atoms with E-state index in [1.54, 1.807) is 21.3 Å². The molecule has 27 heavy (non-hydrogen) atoms. The third kappa shape index (κ3) is 5.89. The van der Waals surface area contributed by atoms with Gasteiger partial charge in [0.2, 0.25) is 5.91 Å². The SMILES string of the molecule is COc1ccccc1CCNC(=O)CN(C)Cc1cccc(OC)c1OC. The second-order valence-electron chi connectivity index (χ2n) is 6.24. The number of carbonyl (C=O) groups is 1. The number of para-hydroxylation sites is 2. The first-order chi connectivity index (χ1) is 13.1. The highest BCUT2D eigenvalue weighted by molar-refractivity contribution is 5.78. The van der Waals surface area contributed by atoms with Gasteiger partial charge in [0.05, 0.1) is 27.9 Å². The zero-order valence-electron chi connectivity index (χ0n) is 16.5. The smallest absolute Gasteiger partial charge is 0.234 e. The molecule has 0 unspecified atom stereocenters. The summed E-state index contributed by atoms with van der Waals surface area (Å²) in [5, 5.41) is 2.96. The van der Waals surface area contributed by atoms with Crippen LogP contribution in [0.3, 0.4) is 0 Å². The van der Waals surface area contributed by atoms with Crippen molar-refractivity contribution in [2.75, 3.05) is 41.5 Å². The second-order valence-corrected chi connectivity index (χ2v) is 6.24. The van der Waals surface area contributed by atoms with Gasteiger partial charge in [0.25, 0.3) is 0 Å². The van der Waals surface area contributed by atoms with Crippen LogP contribution in [0.2, 0.25) is 0 Å². The maximum Gasteiger partial charge on any atom is 0.234 e. The van der Waals surface area contributed by atoms with Crippen molar-refractivity contribution < 1.29 is 19.0 Å². The minimum Gasteiger partial charge on any atom is -0.496 e. The molecule has 0 aliphatic heterocycles. The first-order valence-electron chi connectivity index (χ1n) is 8.86. The van der Waals surface area contributed by atoms with E-state index in [2.05, 4.69) is 5.32 Å². The number of amides is 1. The predicted octanol–water partition coefficient (Wildman–Crippen LogP) is 2.50. The number of carbonyl (C=O) groups excluding carboxylic acids is 1. The zero-order valence-corrected chi connectivity index (χ0v) is 16.5. The minimum atomic E-state index is -0.0192. The molecule has 0 radical (unpaired) electrons. The molecule has 2 rings (SSSR count). The maximum absolute atomic E-state index is 12.2. The van der Waals surface area contributed by atoms with Crippen LogP contribution < -0.4 is 19.5 Å². The number of nitrogens with one attached hydrogen (secondary N) is 1. The third-order valence-electron chi connectivity index (χ3n) is 4.25. The van der Waals surface area contributed by atoms with Gasteiger partial charge in [-0.3, -0.25) is 9.69 Å². The Labute approximate surface area is 161 Å². The molecule has 1 N–H and O–H groups in total. The summed E-state index contributed by atoms with van der Waals surface area (Å²) in [6.45, 7) is 1.45. The first-order valence-corrected chi connectivity index (χ1v) is 8.86. The predicted molar refractivity (Wildman–Crippen MR) is 106 cm³/mol. The molecular formula is C21H28N2O4. The van der Waals surface area contributed by atoms with Crippen molar-refractivity contribution in [2.45, 2.75) is 13.0 Å². The van der Waals surface area contributed by atoms with Crippen LogP contribution in [0.1, 0.15) is 11.1 Å². The molecule has 0 saturated carbocycles. The number of rotatable bonds is 10. The van der Waals surface area contributed by atoms with Crippen LogP contribution >= 0.6 is 0 Å². The molecule has 146 valence electrons. The molecule has 1 amide bonds. The van der Waals surface area contributed by atoms with E-state index < -0.39 is 0 Å². The molecule has 0 aromatic heterocycles. The average Bonchev–Trinajstić information content (AvgIpc) is 2.67. The quantitative estimate of drug-likeness (QED) is 0.694.